The van der Waals surface area contributed by atoms with E-state index < -0.39 is 0 Å². The zero-order valence-corrected chi connectivity index (χ0v) is 14.4. The van der Waals surface area contributed by atoms with Gasteiger partial charge in [-0.1, -0.05) is 49.1 Å². The molecule has 1 atom stereocenters. The molecule has 1 aliphatic heterocycles. The molecule has 1 fully saturated rings. The van der Waals surface area contributed by atoms with Gasteiger partial charge in [0.05, 0.1) is 12.6 Å². The average molecular weight is 312 g/mol. The van der Waals surface area contributed by atoms with E-state index in [0.29, 0.717) is 13.1 Å². The first-order valence-corrected chi connectivity index (χ1v) is 8.67. The number of amides is 1. The summed E-state index contributed by atoms with van der Waals surface area (Å²) in [5, 5.41) is 0. The highest BCUT2D eigenvalue weighted by Gasteiger charge is 2.31. The van der Waals surface area contributed by atoms with E-state index in [1.54, 1.807) is 0 Å². The van der Waals surface area contributed by atoms with Crippen LogP contribution in [0, 0.1) is 19.3 Å². The van der Waals surface area contributed by atoms with Crippen molar-refractivity contribution in [3.63, 3.8) is 0 Å². The second kappa shape index (κ2) is 8.74. The van der Waals surface area contributed by atoms with Crippen molar-refractivity contribution >= 4 is 5.91 Å². The third kappa shape index (κ3) is 4.84. The lowest BCUT2D eigenvalue weighted by atomic mass is 10.00. The van der Waals surface area contributed by atoms with E-state index in [9.17, 15) is 4.79 Å². The number of piperidine rings is 1. The monoisotopic (exact) mass is 312 g/mol. The normalized spacial score (nSPS) is 18.4. The number of benzene rings is 1. The summed E-state index contributed by atoms with van der Waals surface area (Å²) in [4.78, 5) is 17.2. The molecule has 1 unspecified atom stereocenters. The highest BCUT2D eigenvalue weighted by molar-refractivity contribution is 5.82. The van der Waals surface area contributed by atoms with Crippen LogP contribution in [0.25, 0.3) is 0 Å². The molecule has 1 amide bonds. The third-order valence-electron chi connectivity index (χ3n) is 4.50. The van der Waals surface area contributed by atoms with Crippen molar-refractivity contribution in [2.75, 3.05) is 19.6 Å². The maximum absolute atomic E-state index is 13.0. The molecule has 0 radical (unpaired) electrons. The van der Waals surface area contributed by atoms with E-state index in [1.807, 2.05) is 4.90 Å². The van der Waals surface area contributed by atoms with Gasteiger partial charge in [0.15, 0.2) is 0 Å². The van der Waals surface area contributed by atoms with Gasteiger partial charge < -0.3 is 4.90 Å². The minimum atomic E-state index is 0.00231. The molecular weight excluding hydrogens is 284 g/mol. The Hall–Kier alpha value is -1.79. The number of likely N-dealkylation sites (tertiary alicyclic amines) is 1. The lowest BCUT2D eigenvalue weighted by molar-refractivity contribution is -0.138. The second-order valence-corrected chi connectivity index (χ2v) is 6.43. The molecule has 0 saturated carbocycles. The fourth-order valence-corrected chi connectivity index (χ4v) is 3.27. The maximum atomic E-state index is 13.0. The molecule has 0 spiro atoms. The highest BCUT2D eigenvalue weighted by atomic mass is 16.2. The lowest BCUT2D eigenvalue weighted by Crippen LogP contribution is -2.51. The van der Waals surface area contributed by atoms with E-state index in [0.717, 1.165) is 37.9 Å². The molecule has 2 rings (SSSR count). The molecule has 1 aliphatic rings. The molecule has 0 aromatic heterocycles. The van der Waals surface area contributed by atoms with Gasteiger partial charge in [0.1, 0.15) is 0 Å². The van der Waals surface area contributed by atoms with Gasteiger partial charge >= 0.3 is 0 Å². The van der Waals surface area contributed by atoms with Gasteiger partial charge in [0, 0.05) is 6.54 Å². The first-order chi connectivity index (χ1) is 11.2. The summed E-state index contributed by atoms with van der Waals surface area (Å²) in [5.74, 6) is 2.84. The zero-order chi connectivity index (χ0) is 16.7. The van der Waals surface area contributed by atoms with Crippen LogP contribution in [0.5, 0.6) is 0 Å². The van der Waals surface area contributed by atoms with Gasteiger partial charge in [-0.3, -0.25) is 9.69 Å². The third-order valence-corrected chi connectivity index (χ3v) is 4.50. The lowest BCUT2D eigenvalue weighted by Gasteiger charge is -2.37. The van der Waals surface area contributed by atoms with Crippen molar-refractivity contribution in [1.29, 1.82) is 0 Å². The van der Waals surface area contributed by atoms with Crippen LogP contribution in [0.3, 0.4) is 0 Å². The molecule has 3 nitrogen and oxygen atoms in total. The van der Waals surface area contributed by atoms with E-state index in [2.05, 4.69) is 48.9 Å². The summed E-state index contributed by atoms with van der Waals surface area (Å²) >= 11 is 0. The van der Waals surface area contributed by atoms with Crippen LogP contribution in [-0.4, -0.2) is 41.4 Å². The van der Waals surface area contributed by atoms with Gasteiger partial charge in [-0.05, 0) is 44.8 Å². The predicted octanol–water partition coefficient (Wildman–Crippen LogP) is 3.22. The van der Waals surface area contributed by atoms with Crippen LogP contribution in [0.2, 0.25) is 0 Å². The van der Waals surface area contributed by atoms with Crippen LogP contribution < -0.4 is 0 Å². The Bertz CT molecular complexity index is 542. The number of hydrogen-bond acceptors (Lipinski definition) is 2. The van der Waals surface area contributed by atoms with Gasteiger partial charge in [-0.25, -0.2) is 0 Å². The first-order valence-electron chi connectivity index (χ1n) is 8.67. The second-order valence-electron chi connectivity index (χ2n) is 6.43. The molecule has 1 aromatic carbocycles. The molecule has 1 saturated heterocycles. The van der Waals surface area contributed by atoms with Crippen LogP contribution in [-0.2, 0) is 11.3 Å². The molecule has 124 valence electrons. The van der Waals surface area contributed by atoms with Crippen LogP contribution in [0.1, 0.15) is 43.7 Å². The predicted molar refractivity (Wildman–Crippen MR) is 94.9 cm³/mol. The first kappa shape index (κ1) is 17.6. The van der Waals surface area contributed by atoms with E-state index in [1.165, 1.54) is 12.0 Å². The SMILES string of the molecule is C#CCN(Cc1ccc(C)cc1)C(=O)C1CCCCN1CCC. The number of aryl methyl sites for hydroxylation is 1. The van der Waals surface area contributed by atoms with E-state index in [-0.39, 0.29) is 11.9 Å². The van der Waals surface area contributed by atoms with E-state index >= 15 is 0 Å². The summed E-state index contributed by atoms with van der Waals surface area (Å²) in [6, 6.07) is 8.33. The number of terminal acetylenes is 1. The van der Waals surface area contributed by atoms with Crippen molar-refractivity contribution in [3.05, 3.63) is 35.4 Å². The Morgan fingerprint density at radius 1 is 1.35 bits per heavy atom. The number of nitrogens with zero attached hydrogens (tertiary/aromatic N) is 2. The fraction of sp³-hybridized carbons (Fsp3) is 0.550. The molecule has 1 heterocycles. The zero-order valence-electron chi connectivity index (χ0n) is 14.4. The number of hydrogen-bond donors (Lipinski definition) is 0. The average Bonchev–Trinajstić information content (AvgIpc) is 2.56. The van der Waals surface area contributed by atoms with Crippen molar-refractivity contribution in [3.8, 4) is 12.3 Å². The van der Waals surface area contributed by atoms with Crippen LogP contribution in [0.15, 0.2) is 24.3 Å². The van der Waals surface area contributed by atoms with Crippen molar-refractivity contribution in [2.45, 2.75) is 52.1 Å². The molecule has 3 heteroatoms. The van der Waals surface area contributed by atoms with Gasteiger partial charge in [0.2, 0.25) is 5.91 Å². The Kier molecular flexibility index (Phi) is 6.67. The Balaban J connectivity index is 2.10. The Labute approximate surface area is 140 Å². The van der Waals surface area contributed by atoms with Crippen LogP contribution >= 0.6 is 0 Å². The topological polar surface area (TPSA) is 23.6 Å². The number of carbonyl (C=O) groups is 1. The van der Waals surface area contributed by atoms with Crippen molar-refractivity contribution in [2.24, 2.45) is 0 Å². The standard InChI is InChI=1S/C20H28N2O/c1-4-13-21-15-7-6-8-19(21)20(23)22(14-5-2)16-18-11-9-17(3)10-12-18/h2,9-12,19H,4,6-8,13-16H2,1,3H3. The molecule has 0 bridgehead atoms. The fourth-order valence-electron chi connectivity index (χ4n) is 3.27. The number of carbonyl (C=O) groups excluding carboxylic acids is 1. The minimum absolute atomic E-state index is 0.00231. The largest absolute Gasteiger partial charge is 0.326 e. The molecule has 23 heavy (non-hydrogen) atoms. The Morgan fingerprint density at radius 2 is 2.09 bits per heavy atom. The molecule has 0 aliphatic carbocycles. The number of rotatable bonds is 6. The van der Waals surface area contributed by atoms with Gasteiger partial charge in [0.25, 0.3) is 0 Å². The molecular formula is C20H28N2O. The van der Waals surface area contributed by atoms with Crippen molar-refractivity contribution in [1.82, 2.24) is 9.80 Å². The molecule has 1 aromatic rings. The maximum Gasteiger partial charge on any atom is 0.241 e. The quantitative estimate of drug-likeness (QED) is 0.753. The summed E-state index contributed by atoms with van der Waals surface area (Å²) in [6.07, 6.45) is 9.86. The van der Waals surface area contributed by atoms with Crippen molar-refractivity contribution < 1.29 is 4.79 Å². The van der Waals surface area contributed by atoms with Gasteiger partial charge in [-0.15, -0.1) is 6.42 Å². The summed E-state index contributed by atoms with van der Waals surface area (Å²) in [6.45, 7) is 7.23. The van der Waals surface area contributed by atoms with E-state index in [4.69, 9.17) is 6.42 Å². The summed E-state index contributed by atoms with van der Waals surface area (Å²) in [7, 11) is 0. The van der Waals surface area contributed by atoms with Gasteiger partial charge in [-0.2, -0.15) is 0 Å². The smallest absolute Gasteiger partial charge is 0.241 e. The van der Waals surface area contributed by atoms with Crippen LogP contribution in [0.4, 0.5) is 0 Å². The highest BCUT2D eigenvalue weighted by Crippen LogP contribution is 2.20. The minimum Gasteiger partial charge on any atom is -0.326 e. The summed E-state index contributed by atoms with van der Waals surface area (Å²) < 4.78 is 0. The Morgan fingerprint density at radius 3 is 2.74 bits per heavy atom. The summed E-state index contributed by atoms with van der Waals surface area (Å²) in [5.41, 5.74) is 2.36. The molecule has 0 N–H and O–H groups in total.